The molecular formula is C8H11NO2S. The third-order valence-corrected chi connectivity index (χ3v) is 2.65. The highest BCUT2D eigenvalue weighted by molar-refractivity contribution is 7.12. The number of nitrogens with two attached hydrogens (primary N) is 1. The summed E-state index contributed by atoms with van der Waals surface area (Å²) in [7, 11) is 0. The van der Waals surface area contributed by atoms with E-state index in [0.717, 1.165) is 12.0 Å². The van der Waals surface area contributed by atoms with Crippen molar-refractivity contribution in [2.24, 2.45) is 5.73 Å². The molecule has 0 aliphatic carbocycles. The van der Waals surface area contributed by atoms with Crippen LogP contribution in [0.25, 0.3) is 0 Å². The molecule has 4 heteroatoms. The number of rotatable bonds is 3. The number of hydrogen-bond acceptors (Lipinski definition) is 3. The Bertz CT molecular complexity index is 282. The number of hydrogen-bond donors (Lipinski definition) is 2. The van der Waals surface area contributed by atoms with Gasteiger partial charge in [-0.2, -0.15) is 0 Å². The van der Waals surface area contributed by atoms with Crippen molar-refractivity contribution < 1.29 is 9.90 Å². The van der Waals surface area contributed by atoms with Crippen molar-refractivity contribution in [3.8, 4) is 0 Å². The van der Waals surface area contributed by atoms with Crippen LogP contribution in [0.5, 0.6) is 0 Å². The van der Waals surface area contributed by atoms with Crippen LogP contribution in [0.15, 0.2) is 11.4 Å². The van der Waals surface area contributed by atoms with Gasteiger partial charge in [-0.15, -0.1) is 11.3 Å². The molecule has 12 heavy (non-hydrogen) atoms. The minimum absolute atomic E-state index is 0.151. The third kappa shape index (κ3) is 1.65. The fourth-order valence-electron chi connectivity index (χ4n) is 1.00. The van der Waals surface area contributed by atoms with E-state index in [4.69, 9.17) is 10.8 Å². The number of thiophene rings is 1. The maximum atomic E-state index is 10.7. The molecule has 0 saturated heterocycles. The van der Waals surface area contributed by atoms with E-state index in [-0.39, 0.29) is 6.04 Å². The highest BCUT2D eigenvalue weighted by Crippen LogP contribution is 2.23. The van der Waals surface area contributed by atoms with Gasteiger partial charge in [-0.1, -0.05) is 6.92 Å². The topological polar surface area (TPSA) is 63.3 Å². The smallest absolute Gasteiger partial charge is 0.346 e. The van der Waals surface area contributed by atoms with Crippen LogP contribution in [0.3, 0.4) is 0 Å². The van der Waals surface area contributed by atoms with Gasteiger partial charge in [-0.25, -0.2) is 4.79 Å². The molecule has 0 spiro atoms. The van der Waals surface area contributed by atoms with Crippen LogP contribution in [0.4, 0.5) is 0 Å². The van der Waals surface area contributed by atoms with Crippen molar-refractivity contribution in [3.05, 3.63) is 21.9 Å². The minimum Gasteiger partial charge on any atom is -0.477 e. The summed E-state index contributed by atoms with van der Waals surface area (Å²) in [6, 6.07) is 1.63. The van der Waals surface area contributed by atoms with Crippen molar-refractivity contribution in [1.82, 2.24) is 0 Å². The van der Waals surface area contributed by atoms with Crippen molar-refractivity contribution in [3.63, 3.8) is 0 Å². The van der Waals surface area contributed by atoms with E-state index < -0.39 is 5.97 Å². The van der Waals surface area contributed by atoms with E-state index in [2.05, 4.69) is 0 Å². The largest absolute Gasteiger partial charge is 0.477 e. The predicted octanol–water partition coefficient (Wildman–Crippen LogP) is 1.86. The molecule has 0 amide bonds. The van der Waals surface area contributed by atoms with Gasteiger partial charge in [-0.3, -0.25) is 0 Å². The minimum atomic E-state index is -0.885. The van der Waals surface area contributed by atoms with Gasteiger partial charge in [-0.05, 0) is 23.4 Å². The molecule has 1 aromatic rings. The average molecular weight is 185 g/mol. The molecule has 66 valence electrons. The maximum Gasteiger partial charge on any atom is 0.346 e. The van der Waals surface area contributed by atoms with Gasteiger partial charge in [0.25, 0.3) is 0 Å². The van der Waals surface area contributed by atoms with Gasteiger partial charge in [0.1, 0.15) is 4.88 Å². The maximum absolute atomic E-state index is 10.7. The van der Waals surface area contributed by atoms with Crippen LogP contribution in [-0.2, 0) is 0 Å². The Hall–Kier alpha value is -0.870. The Morgan fingerprint density at radius 1 is 1.83 bits per heavy atom. The number of carbonyl (C=O) groups is 1. The molecule has 0 aromatic carbocycles. The van der Waals surface area contributed by atoms with Crippen LogP contribution in [0.2, 0.25) is 0 Å². The Morgan fingerprint density at radius 2 is 2.50 bits per heavy atom. The van der Waals surface area contributed by atoms with E-state index in [9.17, 15) is 4.79 Å². The second-order valence-corrected chi connectivity index (χ2v) is 3.44. The summed E-state index contributed by atoms with van der Waals surface area (Å²) in [6.07, 6.45) is 0.761. The summed E-state index contributed by atoms with van der Waals surface area (Å²) in [6.45, 7) is 1.94. The highest BCUT2D eigenvalue weighted by atomic mass is 32.1. The van der Waals surface area contributed by atoms with Crippen LogP contribution in [0, 0.1) is 0 Å². The Kier molecular flexibility index (Phi) is 2.83. The van der Waals surface area contributed by atoms with Crippen molar-refractivity contribution in [2.75, 3.05) is 0 Å². The zero-order valence-electron chi connectivity index (χ0n) is 6.78. The lowest BCUT2D eigenvalue weighted by atomic mass is 10.1. The zero-order valence-corrected chi connectivity index (χ0v) is 7.60. The fraction of sp³-hybridized carbons (Fsp3) is 0.375. The molecule has 0 unspecified atom stereocenters. The van der Waals surface area contributed by atoms with E-state index in [1.807, 2.05) is 6.92 Å². The molecule has 3 nitrogen and oxygen atoms in total. The molecule has 1 aromatic heterocycles. The summed E-state index contributed by atoms with van der Waals surface area (Å²) in [5.74, 6) is -0.885. The molecular weight excluding hydrogens is 174 g/mol. The SMILES string of the molecule is CC[C@H](N)c1ccsc1C(=O)O. The van der Waals surface area contributed by atoms with Crippen molar-refractivity contribution in [2.45, 2.75) is 19.4 Å². The number of carboxylic acids is 1. The zero-order chi connectivity index (χ0) is 9.14. The van der Waals surface area contributed by atoms with Crippen LogP contribution < -0.4 is 5.73 Å². The first kappa shape index (κ1) is 9.22. The van der Waals surface area contributed by atoms with Crippen LogP contribution in [-0.4, -0.2) is 11.1 Å². The second kappa shape index (κ2) is 3.69. The molecule has 0 aliphatic heterocycles. The lowest BCUT2D eigenvalue weighted by Gasteiger charge is -2.06. The Morgan fingerprint density at radius 3 is 3.00 bits per heavy atom. The second-order valence-electron chi connectivity index (χ2n) is 2.52. The normalized spacial score (nSPS) is 12.8. The van der Waals surface area contributed by atoms with E-state index in [0.29, 0.717) is 4.88 Å². The summed E-state index contributed by atoms with van der Waals surface area (Å²) in [5, 5.41) is 10.5. The monoisotopic (exact) mass is 185 g/mol. The van der Waals surface area contributed by atoms with E-state index in [1.54, 1.807) is 11.4 Å². The molecule has 3 N–H and O–H groups in total. The summed E-state index contributed by atoms with van der Waals surface area (Å²) < 4.78 is 0. The summed E-state index contributed by atoms with van der Waals surface area (Å²) in [5.41, 5.74) is 6.47. The fourth-order valence-corrected chi connectivity index (χ4v) is 1.81. The number of aromatic carboxylic acids is 1. The van der Waals surface area contributed by atoms with Gasteiger partial charge in [0.05, 0.1) is 0 Å². The van der Waals surface area contributed by atoms with Crippen molar-refractivity contribution in [1.29, 1.82) is 0 Å². The Balaban J connectivity index is 2.98. The van der Waals surface area contributed by atoms with Crippen LogP contribution >= 0.6 is 11.3 Å². The Labute approximate surface area is 74.8 Å². The highest BCUT2D eigenvalue weighted by Gasteiger charge is 2.15. The third-order valence-electron chi connectivity index (χ3n) is 1.73. The van der Waals surface area contributed by atoms with Gasteiger partial charge in [0.15, 0.2) is 0 Å². The molecule has 0 aliphatic rings. The van der Waals surface area contributed by atoms with Crippen molar-refractivity contribution >= 4 is 17.3 Å². The molecule has 1 atom stereocenters. The standard InChI is InChI=1S/C8H11NO2S/c1-2-6(9)5-3-4-12-7(5)8(10)11/h3-4,6H,2,9H2,1H3,(H,10,11)/t6-/m0/s1. The average Bonchev–Trinajstić information content (AvgIpc) is 2.50. The molecule has 1 heterocycles. The quantitative estimate of drug-likeness (QED) is 0.755. The lowest BCUT2D eigenvalue weighted by molar-refractivity contribution is 0.0700. The molecule has 0 bridgehead atoms. The lowest BCUT2D eigenvalue weighted by Crippen LogP contribution is -2.11. The van der Waals surface area contributed by atoms with Gasteiger partial charge in [0, 0.05) is 6.04 Å². The van der Waals surface area contributed by atoms with Gasteiger partial charge >= 0.3 is 5.97 Å². The first-order chi connectivity index (χ1) is 5.66. The number of carboxylic acid groups (broad SMARTS) is 1. The summed E-state index contributed by atoms with van der Waals surface area (Å²) >= 11 is 1.22. The molecule has 1 rings (SSSR count). The van der Waals surface area contributed by atoms with E-state index >= 15 is 0 Å². The first-order valence-electron chi connectivity index (χ1n) is 3.73. The van der Waals surface area contributed by atoms with Crippen LogP contribution in [0.1, 0.15) is 34.6 Å². The predicted molar refractivity (Wildman–Crippen MR) is 48.5 cm³/mol. The molecule has 0 radical (unpaired) electrons. The molecule has 0 fully saturated rings. The van der Waals surface area contributed by atoms with Gasteiger partial charge in [0.2, 0.25) is 0 Å². The molecule has 0 saturated carbocycles. The summed E-state index contributed by atoms with van der Waals surface area (Å²) in [4.78, 5) is 11.0. The van der Waals surface area contributed by atoms with Gasteiger partial charge < -0.3 is 10.8 Å². The first-order valence-corrected chi connectivity index (χ1v) is 4.61. The van der Waals surface area contributed by atoms with E-state index in [1.165, 1.54) is 11.3 Å².